The molecule has 7 heteroatoms. The van der Waals surface area contributed by atoms with E-state index in [2.05, 4.69) is 10.2 Å². The molecular weight excluding hydrogens is 375 g/mol. The molecule has 3 aromatic heterocycles. The summed E-state index contributed by atoms with van der Waals surface area (Å²) in [7, 11) is 3.67. The predicted molar refractivity (Wildman–Crippen MR) is 111 cm³/mol. The van der Waals surface area contributed by atoms with Gasteiger partial charge < -0.3 is 9.47 Å². The lowest BCUT2D eigenvalue weighted by molar-refractivity contribution is 0.144. The fourth-order valence-corrected chi connectivity index (χ4v) is 5.86. The lowest BCUT2D eigenvalue weighted by atomic mass is 9.83. The Balaban J connectivity index is 1.41. The van der Waals surface area contributed by atoms with Crippen molar-refractivity contribution in [2.75, 3.05) is 11.9 Å². The van der Waals surface area contributed by atoms with E-state index in [0.29, 0.717) is 17.1 Å². The molecule has 3 heterocycles. The largest absolute Gasteiger partial charge is 0.352 e. The van der Waals surface area contributed by atoms with E-state index < -0.39 is 6.17 Å². The van der Waals surface area contributed by atoms with Gasteiger partial charge in [0.1, 0.15) is 11.9 Å². The van der Waals surface area contributed by atoms with Gasteiger partial charge in [-0.25, -0.2) is 4.39 Å². The Morgan fingerprint density at radius 1 is 1.21 bits per heavy atom. The summed E-state index contributed by atoms with van der Waals surface area (Å²) in [6.45, 7) is 0. The van der Waals surface area contributed by atoms with Crippen molar-refractivity contribution in [2.45, 2.75) is 37.9 Å². The zero-order valence-electron chi connectivity index (χ0n) is 16.0. The van der Waals surface area contributed by atoms with Crippen molar-refractivity contribution in [1.29, 1.82) is 0 Å². The van der Waals surface area contributed by atoms with E-state index in [1.807, 2.05) is 36.2 Å². The molecule has 0 saturated heterocycles. The van der Waals surface area contributed by atoms with E-state index in [9.17, 15) is 9.18 Å². The first kappa shape index (κ1) is 17.8. The Morgan fingerprint density at radius 3 is 2.86 bits per heavy atom. The molecule has 2 fully saturated rings. The number of halogens is 1. The van der Waals surface area contributed by atoms with Crippen LogP contribution in [0, 0.1) is 11.8 Å². The van der Waals surface area contributed by atoms with E-state index in [0.717, 1.165) is 41.0 Å². The van der Waals surface area contributed by atoms with Gasteiger partial charge in [0.15, 0.2) is 5.82 Å². The number of hydrogen-bond donors (Lipinski definition) is 0. The van der Waals surface area contributed by atoms with Crippen LogP contribution in [0.4, 0.5) is 10.2 Å². The monoisotopic (exact) mass is 398 g/mol. The van der Waals surface area contributed by atoms with Crippen LogP contribution in [0.2, 0.25) is 0 Å². The van der Waals surface area contributed by atoms with Crippen LogP contribution >= 0.6 is 11.3 Å². The second-order valence-electron chi connectivity index (χ2n) is 8.19. The highest BCUT2D eigenvalue weighted by molar-refractivity contribution is 7.22. The van der Waals surface area contributed by atoms with E-state index >= 15 is 0 Å². The molecule has 0 radical (unpaired) electrons. The number of aromatic nitrogens is 3. The van der Waals surface area contributed by atoms with E-state index in [1.54, 1.807) is 17.8 Å². The van der Waals surface area contributed by atoms with Crippen molar-refractivity contribution in [3.05, 3.63) is 40.8 Å². The fraction of sp³-hybridized carbons (Fsp3) is 0.476. The van der Waals surface area contributed by atoms with Crippen LogP contribution in [-0.4, -0.2) is 34.0 Å². The van der Waals surface area contributed by atoms with Crippen LogP contribution in [0.25, 0.3) is 20.7 Å². The molecule has 0 aliphatic heterocycles. The highest BCUT2D eigenvalue weighted by Gasteiger charge is 2.44. The molecule has 0 unspecified atom stereocenters. The Kier molecular flexibility index (Phi) is 4.23. The van der Waals surface area contributed by atoms with Crippen LogP contribution in [0.1, 0.15) is 25.7 Å². The van der Waals surface area contributed by atoms with Gasteiger partial charge in [0.05, 0.1) is 16.3 Å². The van der Waals surface area contributed by atoms with Gasteiger partial charge in [-0.05, 0) is 61.8 Å². The van der Waals surface area contributed by atoms with Gasteiger partial charge in [-0.1, -0.05) is 0 Å². The SMILES string of the molecule is CN(c1ccc(-c2cc3c(=O)n(C)ccc3s2)nn1)[C@H]1C[C@@H]2CC[C@@H](C2)[C@H]1F. The Labute approximate surface area is 166 Å². The van der Waals surface area contributed by atoms with Gasteiger partial charge in [0, 0.05) is 25.0 Å². The third-order valence-corrected chi connectivity index (χ3v) is 7.62. The van der Waals surface area contributed by atoms with Gasteiger partial charge >= 0.3 is 0 Å². The average molecular weight is 399 g/mol. The summed E-state index contributed by atoms with van der Waals surface area (Å²) in [6, 6.07) is 7.54. The minimum absolute atomic E-state index is 0.00905. The van der Waals surface area contributed by atoms with Crippen molar-refractivity contribution in [3.63, 3.8) is 0 Å². The number of thiophene rings is 1. The maximum atomic E-state index is 14.9. The lowest BCUT2D eigenvalue weighted by Gasteiger charge is -2.38. The molecule has 2 saturated carbocycles. The molecule has 0 amide bonds. The molecule has 0 N–H and O–H groups in total. The van der Waals surface area contributed by atoms with Crippen LogP contribution in [0.5, 0.6) is 0 Å². The molecule has 0 aromatic carbocycles. The summed E-state index contributed by atoms with van der Waals surface area (Å²) in [5.74, 6) is 1.56. The highest BCUT2D eigenvalue weighted by Crippen LogP contribution is 2.45. The third kappa shape index (κ3) is 2.83. The zero-order valence-corrected chi connectivity index (χ0v) is 16.8. The van der Waals surface area contributed by atoms with E-state index in [1.165, 1.54) is 11.3 Å². The number of fused-ring (bicyclic) bond motifs is 3. The van der Waals surface area contributed by atoms with Crippen LogP contribution < -0.4 is 10.5 Å². The van der Waals surface area contributed by atoms with Crippen LogP contribution in [0.3, 0.4) is 0 Å². The molecule has 5 rings (SSSR count). The number of anilines is 1. The molecule has 3 aromatic rings. The van der Waals surface area contributed by atoms with Gasteiger partial charge in [0.2, 0.25) is 0 Å². The molecular formula is C21H23FN4OS. The van der Waals surface area contributed by atoms with Gasteiger partial charge in [-0.3, -0.25) is 4.79 Å². The Bertz CT molecular complexity index is 1080. The Hall–Kier alpha value is -2.28. The van der Waals surface area contributed by atoms with Crippen molar-refractivity contribution >= 4 is 27.2 Å². The summed E-state index contributed by atoms with van der Waals surface area (Å²) in [6.07, 6.45) is 5.11. The summed E-state index contributed by atoms with van der Waals surface area (Å²) >= 11 is 1.54. The number of nitrogens with zero attached hydrogens (tertiary/aromatic N) is 4. The summed E-state index contributed by atoms with van der Waals surface area (Å²) in [5.41, 5.74) is 0.728. The van der Waals surface area contributed by atoms with Crippen molar-refractivity contribution in [1.82, 2.24) is 14.8 Å². The van der Waals surface area contributed by atoms with Gasteiger partial charge in [-0.2, -0.15) is 0 Å². The maximum Gasteiger partial charge on any atom is 0.259 e. The standard InChI is InChI=1S/C21H23FN4OS/c1-25-8-7-17-14(21(25)27)11-18(28-17)15-5-6-19(24-23-15)26(2)16-10-12-3-4-13(9-12)20(16)22/h5-8,11-13,16,20H,3-4,9-10H2,1-2H3/t12-,13+,16+,20-/m1/s1. The average Bonchev–Trinajstić information content (AvgIpc) is 3.32. The quantitative estimate of drug-likeness (QED) is 0.669. The topological polar surface area (TPSA) is 51.0 Å². The number of rotatable bonds is 3. The summed E-state index contributed by atoms with van der Waals surface area (Å²) in [4.78, 5) is 15.2. The van der Waals surface area contributed by atoms with Crippen LogP contribution in [-0.2, 0) is 7.05 Å². The second kappa shape index (κ2) is 6.65. The molecule has 2 bridgehead atoms. The number of hydrogen-bond acceptors (Lipinski definition) is 5. The molecule has 28 heavy (non-hydrogen) atoms. The first-order valence-corrected chi connectivity index (χ1v) is 10.6. The smallest absolute Gasteiger partial charge is 0.259 e. The highest BCUT2D eigenvalue weighted by atomic mass is 32.1. The molecule has 5 nitrogen and oxygen atoms in total. The van der Waals surface area contributed by atoms with E-state index in [-0.39, 0.29) is 17.5 Å². The molecule has 4 atom stereocenters. The normalized spacial score (nSPS) is 26.7. The van der Waals surface area contributed by atoms with Crippen molar-refractivity contribution in [2.24, 2.45) is 18.9 Å². The Morgan fingerprint density at radius 2 is 2.07 bits per heavy atom. The predicted octanol–water partition coefficient (Wildman–Crippen LogP) is 4.02. The number of pyridine rings is 1. The number of aryl methyl sites for hydroxylation is 1. The molecule has 146 valence electrons. The first-order chi connectivity index (χ1) is 13.5. The van der Waals surface area contributed by atoms with Gasteiger partial charge in [0.25, 0.3) is 5.56 Å². The van der Waals surface area contributed by atoms with E-state index in [4.69, 9.17) is 0 Å². The fourth-order valence-electron chi connectivity index (χ4n) is 4.85. The van der Waals surface area contributed by atoms with Gasteiger partial charge in [-0.15, -0.1) is 21.5 Å². The molecule has 2 aliphatic carbocycles. The summed E-state index contributed by atoms with van der Waals surface area (Å²) < 4.78 is 17.4. The second-order valence-corrected chi connectivity index (χ2v) is 9.28. The molecule has 0 spiro atoms. The zero-order chi connectivity index (χ0) is 19.4. The lowest BCUT2D eigenvalue weighted by Crippen LogP contribution is -2.46. The van der Waals surface area contributed by atoms with Crippen LogP contribution in [0.15, 0.2) is 35.3 Å². The maximum absolute atomic E-state index is 14.9. The minimum atomic E-state index is -0.788. The van der Waals surface area contributed by atoms with Crippen molar-refractivity contribution in [3.8, 4) is 10.6 Å². The first-order valence-electron chi connectivity index (χ1n) is 9.81. The third-order valence-electron chi connectivity index (χ3n) is 6.50. The summed E-state index contributed by atoms with van der Waals surface area (Å²) in [5, 5.41) is 9.46. The van der Waals surface area contributed by atoms with Crippen molar-refractivity contribution < 1.29 is 4.39 Å². The minimum Gasteiger partial charge on any atom is -0.352 e. The number of alkyl halides is 1. The molecule has 2 aliphatic rings.